The zero-order chi connectivity index (χ0) is 25.0. The number of carbonyl (C=O) groups is 1. The Balaban J connectivity index is 1.92. The number of hydrogen-bond acceptors (Lipinski definition) is 6. The Morgan fingerprint density at radius 3 is 2.38 bits per heavy atom. The first-order valence-electron chi connectivity index (χ1n) is 11.1. The van der Waals surface area contributed by atoms with Crippen LogP contribution in [0.1, 0.15) is 31.4 Å². The van der Waals surface area contributed by atoms with Crippen LogP contribution in [0.5, 0.6) is 11.5 Å². The molecule has 0 radical (unpaired) electrons. The molecular formula is C25H31F3O5S. The first-order chi connectivity index (χ1) is 16.2. The van der Waals surface area contributed by atoms with E-state index >= 15 is 0 Å². The highest BCUT2D eigenvalue weighted by molar-refractivity contribution is 7.99. The molecule has 0 bridgehead atoms. The minimum absolute atomic E-state index is 0.137. The van der Waals surface area contributed by atoms with Gasteiger partial charge in [0.1, 0.15) is 11.5 Å². The second-order valence-corrected chi connectivity index (χ2v) is 8.61. The topological polar surface area (TPSA) is 54.0 Å². The number of carbonyl (C=O) groups excluding carboxylic acids is 1. The predicted molar refractivity (Wildman–Crippen MR) is 126 cm³/mol. The number of alkyl halides is 3. The monoisotopic (exact) mass is 500 g/mol. The fraction of sp³-hybridized carbons (Fsp3) is 0.480. The fourth-order valence-corrected chi connectivity index (χ4v) is 4.11. The van der Waals surface area contributed by atoms with Gasteiger partial charge in [0.25, 0.3) is 0 Å². The van der Waals surface area contributed by atoms with Gasteiger partial charge in [-0.15, -0.1) is 11.8 Å². The maximum absolute atomic E-state index is 12.7. The normalized spacial score (nSPS) is 12.3. The Morgan fingerprint density at radius 2 is 1.76 bits per heavy atom. The molecule has 0 heterocycles. The minimum Gasteiger partial charge on any atom is -0.493 e. The maximum atomic E-state index is 12.7. The van der Waals surface area contributed by atoms with Crippen LogP contribution >= 0.6 is 11.8 Å². The number of hydrogen-bond donors (Lipinski definition) is 0. The van der Waals surface area contributed by atoms with Gasteiger partial charge in [0.15, 0.2) is 6.61 Å². The van der Waals surface area contributed by atoms with Crippen LogP contribution in [0.15, 0.2) is 47.4 Å². The van der Waals surface area contributed by atoms with Crippen molar-refractivity contribution >= 4 is 17.7 Å². The number of halogens is 3. The maximum Gasteiger partial charge on any atom is 0.416 e. The van der Waals surface area contributed by atoms with E-state index in [1.165, 1.54) is 12.1 Å². The molecule has 0 aliphatic heterocycles. The number of aryl methyl sites for hydroxylation is 1. The molecule has 0 amide bonds. The molecule has 2 rings (SSSR count). The summed E-state index contributed by atoms with van der Waals surface area (Å²) >= 11 is 1.65. The van der Waals surface area contributed by atoms with Crippen molar-refractivity contribution in [2.45, 2.75) is 38.3 Å². The molecule has 5 nitrogen and oxygen atoms in total. The average Bonchev–Trinajstić information content (AvgIpc) is 2.80. The van der Waals surface area contributed by atoms with E-state index < -0.39 is 17.7 Å². The van der Waals surface area contributed by atoms with E-state index in [4.69, 9.17) is 18.9 Å². The van der Waals surface area contributed by atoms with Crippen molar-refractivity contribution in [2.75, 3.05) is 38.8 Å². The molecule has 188 valence electrons. The van der Waals surface area contributed by atoms with Gasteiger partial charge < -0.3 is 18.9 Å². The van der Waals surface area contributed by atoms with E-state index in [-0.39, 0.29) is 12.5 Å². The van der Waals surface area contributed by atoms with Crippen LogP contribution in [0, 0.1) is 12.8 Å². The molecule has 2 aromatic carbocycles. The summed E-state index contributed by atoms with van der Waals surface area (Å²) in [7, 11) is 0. The van der Waals surface area contributed by atoms with Gasteiger partial charge in [0.2, 0.25) is 0 Å². The van der Waals surface area contributed by atoms with Gasteiger partial charge in [0.05, 0.1) is 18.8 Å². The third-order valence-electron chi connectivity index (χ3n) is 4.82. The molecular weight excluding hydrogens is 469 g/mol. The zero-order valence-electron chi connectivity index (χ0n) is 19.7. The van der Waals surface area contributed by atoms with Gasteiger partial charge in [-0.1, -0.05) is 0 Å². The average molecular weight is 501 g/mol. The second-order valence-electron chi connectivity index (χ2n) is 7.52. The molecule has 0 N–H and O–H groups in total. The van der Waals surface area contributed by atoms with Crippen LogP contribution in [-0.2, 0) is 20.4 Å². The van der Waals surface area contributed by atoms with E-state index in [9.17, 15) is 18.0 Å². The summed E-state index contributed by atoms with van der Waals surface area (Å²) in [5, 5.41) is 0. The van der Waals surface area contributed by atoms with Crippen LogP contribution in [0.3, 0.4) is 0 Å². The minimum atomic E-state index is -4.37. The fourth-order valence-electron chi connectivity index (χ4n) is 2.99. The van der Waals surface area contributed by atoms with Gasteiger partial charge in [-0.2, -0.15) is 13.2 Å². The Hall–Kier alpha value is -2.39. The number of thioether (sulfide) groups is 1. The summed E-state index contributed by atoms with van der Waals surface area (Å²) < 4.78 is 59.9. The quantitative estimate of drug-likeness (QED) is 0.176. The predicted octanol–water partition coefficient (Wildman–Crippen LogP) is 6.17. The molecule has 9 heteroatoms. The van der Waals surface area contributed by atoms with Crippen molar-refractivity contribution < 1.29 is 36.9 Å². The third-order valence-corrected chi connectivity index (χ3v) is 6.05. The summed E-state index contributed by atoms with van der Waals surface area (Å²) in [4.78, 5) is 12.5. The van der Waals surface area contributed by atoms with Gasteiger partial charge in [-0.3, -0.25) is 0 Å². The summed E-state index contributed by atoms with van der Waals surface area (Å²) in [6, 6.07) is 10.5. The molecule has 0 aliphatic carbocycles. The molecule has 34 heavy (non-hydrogen) atoms. The number of benzene rings is 2. The molecule has 1 unspecified atom stereocenters. The van der Waals surface area contributed by atoms with E-state index in [1.54, 1.807) is 18.7 Å². The molecule has 0 aliphatic rings. The van der Waals surface area contributed by atoms with Crippen LogP contribution in [0.4, 0.5) is 13.2 Å². The van der Waals surface area contributed by atoms with Gasteiger partial charge in [0, 0.05) is 29.8 Å². The van der Waals surface area contributed by atoms with Crippen molar-refractivity contribution in [1.82, 2.24) is 0 Å². The lowest BCUT2D eigenvalue weighted by atomic mass is 10.1. The second kappa shape index (κ2) is 14.1. The highest BCUT2D eigenvalue weighted by Crippen LogP contribution is 2.31. The Morgan fingerprint density at radius 1 is 1.03 bits per heavy atom. The molecule has 0 spiro atoms. The van der Waals surface area contributed by atoms with Crippen molar-refractivity contribution in [3.63, 3.8) is 0 Å². The summed E-state index contributed by atoms with van der Waals surface area (Å²) in [6.45, 7) is 7.31. The van der Waals surface area contributed by atoms with Gasteiger partial charge in [-0.05, 0) is 75.2 Å². The molecule has 0 saturated heterocycles. The highest BCUT2D eigenvalue weighted by atomic mass is 32.2. The smallest absolute Gasteiger partial charge is 0.416 e. The summed E-state index contributed by atoms with van der Waals surface area (Å²) in [5.74, 6) is 1.50. The Kier molecular flexibility index (Phi) is 11.6. The van der Waals surface area contributed by atoms with Gasteiger partial charge in [-0.25, -0.2) is 4.79 Å². The number of ether oxygens (including phenoxy) is 4. The van der Waals surface area contributed by atoms with Crippen LogP contribution in [0.2, 0.25) is 0 Å². The number of esters is 1. The molecule has 2 aromatic rings. The van der Waals surface area contributed by atoms with E-state index in [2.05, 4.69) is 0 Å². The Labute approximate surface area is 202 Å². The van der Waals surface area contributed by atoms with E-state index in [0.717, 1.165) is 34.8 Å². The zero-order valence-corrected chi connectivity index (χ0v) is 20.5. The summed E-state index contributed by atoms with van der Waals surface area (Å²) in [6.07, 6.45) is -3.60. The Bertz CT molecular complexity index is 887. The van der Waals surface area contributed by atoms with Crippen molar-refractivity contribution in [3.05, 3.63) is 53.6 Å². The highest BCUT2D eigenvalue weighted by Gasteiger charge is 2.30. The van der Waals surface area contributed by atoms with E-state index in [0.29, 0.717) is 37.9 Å². The molecule has 0 fully saturated rings. The number of rotatable bonds is 14. The van der Waals surface area contributed by atoms with Crippen molar-refractivity contribution in [3.8, 4) is 11.5 Å². The third kappa shape index (κ3) is 9.85. The first kappa shape index (κ1) is 27.9. The van der Waals surface area contributed by atoms with Crippen molar-refractivity contribution in [1.29, 1.82) is 0 Å². The van der Waals surface area contributed by atoms with E-state index in [1.807, 2.05) is 32.0 Å². The van der Waals surface area contributed by atoms with Crippen LogP contribution < -0.4 is 9.47 Å². The van der Waals surface area contributed by atoms with Crippen LogP contribution in [-0.4, -0.2) is 44.8 Å². The standard InChI is InChI=1S/C25H31F3O5S/c1-4-30-13-12-19(15-32-21-8-6-20(7-9-21)25(26,27)28)17-34-22-10-11-23(18(3)14-22)33-16-24(29)31-5-2/h6-11,14,19H,4-5,12-13,15-17H2,1-3H3. The lowest BCUT2D eigenvalue weighted by Gasteiger charge is -2.18. The molecule has 0 aromatic heterocycles. The molecule has 1 atom stereocenters. The van der Waals surface area contributed by atoms with Crippen molar-refractivity contribution in [2.24, 2.45) is 5.92 Å². The summed E-state index contributed by atoms with van der Waals surface area (Å²) in [5.41, 5.74) is 0.203. The SMILES string of the molecule is CCOCCC(COc1ccc(C(F)(F)F)cc1)CSc1ccc(OCC(=O)OCC)c(C)c1. The van der Waals surface area contributed by atoms with Crippen LogP contribution in [0.25, 0.3) is 0 Å². The lowest BCUT2D eigenvalue weighted by molar-refractivity contribution is -0.145. The lowest BCUT2D eigenvalue weighted by Crippen LogP contribution is -2.17. The van der Waals surface area contributed by atoms with Gasteiger partial charge >= 0.3 is 12.1 Å². The first-order valence-corrected chi connectivity index (χ1v) is 12.1. The molecule has 0 saturated carbocycles. The largest absolute Gasteiger partial charge is 0.493 e.